The molecule has 1 heterocycles. The molecule has 0 radical (unpaired) electrons. The van der Waals surface area contributed by atoms with Gasteiger partial charge >= 0.3 is 0 Å². The maximum absolute atomic E-state index is 3.13. The second kappa shape index (κ2) is 4.66. The molecule has 1 aliphatic heterocycles. The third-order valence-electron chi connectivity index (χ3n) is 1.78. The van der Waals surface area contributed by atoms with E-state index in [0.717, 1.165) is 26.2 Å². The summed E-state index contributed by atoms with van der Waals surface area (Å²) < 4.78 is 0. The third kappa shape index (κ3) is 3.67. The zero-order valence-corrected chi connectivity index (χ0v) is 7.43. The minimum atomic E-state index is 1.08. The van der Waals surface area contributed by atoms with E-state index in [-0.39, 0.29) is 0 Å². The van der Waals surface area contributed by atoms with Crippen LogP contribution in [0.5, 0.6) is 0 Å². The molecule has 11 heavy (non-hydrogen) atoms. The largest absolute Gasteiger partial charge is 0.308 e. The number of hydrogen-bond acceptors (Lipinski definition) is 4. The molecule has 0 unspecified atom stereocenters. The number of likely N-dealkylation sites (N-methyl/N-ethyl adjacent to an activating group) is 1. The van der Waals surface area contributed by atoms with E-state index in [9.17, 15) is 0 Å². The lowest BCUT2D eigenvalue weighted by atomic mass is 10.4. The molecule has 0 aromatic rings. The Labute approximate surface area is 68.5 Å². The summed E-state index contributed by atoms with van der Waals surface area (Å²) in [4.78, 5) is 2.19. The van der Waals surface area contributed by atoms with Gasteiger partial charge in [0, 0.05) is 26.2 Å². The van der Waals surface area contributed by atoms with Crippen molar-refractivity contribution >= 4 is 0 Å². The molecule has 0 amide bonds. The van der Waals surface area contributed by atoms with E-state index in [1.165, 1.54) is 6.42 Å². The highest BCUT2D eigenvalue weighted by Crippen LogP contribution is 1.90. The van der Waals surface area contributed by atoms with Crippen LogP contribution in [0.2, 0.25) is 0 Å². The summed E-state index contributed by atoms with van der Waals surface area (Å²) in [5.74, 6) is 0. The molecule has 4 nitrogen and oxygen atoms in total. The molecule has 0 aliphatic carbocycles. The van der Waals surface area contributed by atoms with Crippen LogP contribution in [0.4, 0.5) is 0 Å². The van der Waals surface area contributed by atoms with Gasteiger partial charge in [-0.25, -0.2) is 10.4 Å². The Balaban J connectivity index is 2.05. The average molecular weight is 158 g/mol. The van der Waals surface area contributed by atoms with Gasteiger partial charge in [-0.15, -0.1) is 0 Å². The van der Waals surface area contributed by atoms with E-state index < -0.39 is 0 Å². The molecule has 1 fully saturated rings. The summed E-state index contributed by atoms with van der Waals surface area (Å²) in [6.45, 7) is 4.42. The van der Waals surface area contributed by atoms with E-state index in [2.05, 4.69) is 35.0 Å². The van der Waals surface area contributed by atoms with Crippen LogP contribution >= 0.6 is 0 Å². The Kier molecular flexibility index (Phi) is 3.79. The van der Waals surface area contributed by atoms with Crippen molar-refractivity contribution in [2.75, 3.05) is 40.3 Å². The minimum absolute atomic E-state index is 1.08. The lowest BCUT2D eigenvalue weighted by molar-refractivity contribution is 0.107. The Morgan fingerprint density at radius 2 is 2.27 bits per heavy atom. The summed E-state index contributed by atoms with van der Waals surface area (Å²) in [7, 11) is 4.19. The van der Waals surface area contributed by atoms with Gasteiger partial charge in [-0.1, -0.05) is 0 Å². The first kappa shape index (κ1) is 8.93. The predicted molar refractivity (Wildman–Crippen MR) is 45.9 cm³/mol. The highest BCUT2D eigenvalue weighted by molar-refractivity contribution is 4.58. The fourth-order valence-corrected chi connectivity index (χ4v) is 1.07. The lowest BCUT2D eigenvalue weighted by Crippen LogP contribution is -2.54. The highest BCUT2D eigenvalue weighted by Gasteiger charge is 2.07. The zero-order chi connectivity index (χ0) is 8.10. The molecule has 1 saturated heterocycles. The zero-order valence-electron chi connectivity index (χ0n) is 7.43. The standard InChI is InChI=1S/C7H18N4/c1-10(2)6-7-11-5-3-4-8-9-11/h8-9H,3-7H2,1-2H3. The Morgan fingerprint density at radius 1 is 1.45 bits per heavy atom. The molecule has 0 bridgehead atoms. The molecule has 4 heteroatoms. The van der Waals surface area contributed by atoms with E-state index in [1.807, 2.05) is 0 Å². The van der Waals surface area contributed by atoms with Crippen LogP contribution in [0.1, 0.15) is 6.42 Å². The van der Waals surface area contributed by atoms with Gasteiger partial charge in [0.25, 0.3) is 0 Å². The number of nitrogens with one attached hydrogen (secondary N) is 2. The van der Waals surface area contributed by atoms with Crippen molar-refractivity contribution in [3.63, 3.8) is 0 Å². The van der Waals surface area contributed by atoms with Gasteiger partial charge in [-0.05, 0) is 20.5 Å². The molecular formula is C7H18N4. The van der Waals surface area contributed by atoms with Crippen LogP contribution in [-0.2, 0) is 0 Å². The Bertz CT molecular complexity index is 98.6. The molecule has 1 aliphatic rings. The first-order valence-electron chi connectivity index (χ1n) is 4.17. The van der Waals surface area contributed by atoms with Crippen LogP contribution in [0, 0.1) is 0 Å². The first-order valence-corrected chi connectivity index (χ1v) is 4.17. The van der Waals surface area contributed by atoms with Crippen molar-refractivity contribution in [3.05, 3.63) is 0 Å². The molecule has 0 aromatic carbocycles. The van der Waals surface area contributed by atoms with Crippen LogP contribution in [0.25, 0.3) is 0 Å². The van der Waals surface area contributed by atoms with Crippen molar-refractivity contribution in [2.45, 2.75) is 6.42 Å². The molecule has 0 saturated carbocycles. The van der Waals surface area contributed by atoms with Gasteiger partial charge in [0.15, 0.2) is 0 Å². The van der Waals surface area contributed by atoms with Gasteiger partial charge in [0.1, 0.15) is 0 Å². The van der Waals surface area contributed by atoms with E-state index in [0.29, 0.717) is 0 Å². The van der Waals surface area contributed by atoms with E-state index in [4.69, 9.17) is 0 Å². The normalized spacial score (nSPS) is 21.0. The van der Waals surface area contributed by atoms with Gasteiger partial charge < -0.3 is 4.90 Å². The maximum Gasteiger partial charge on any atom is 0.0271 e. The number of rotatable bonds is 3. The minimum Gasteiger partial charge on any atom is -0.308 e. The van der Waals surface area contributed by atoms with Gasteiger partial charge in [0.2, 0.25) is 0 Å². The fraction of sp³-hybridized carbons (Fsp3) is 1.00. The van der Waals surface area contributed by atoms with Gasteiger partial charge in [-0.3, -0.25) is 0 Å². The van der Waals surface area contributed by atoms with Gasteiger partial charge in [-0.2, -0.15) is 5.53 Å². The predicted octanol–water partition coefficient (Wildman–Crippen LogP) is -0.737. The topological polar surface area (TPSA) is 30.5 Å². The quantitative estimate of drug-likeness (QED) is 0.566. The average Bonchev–Trinajstić information content (AvgIpc) is 2.03. The molecular weight excluding hydrogens is 140 g/mol. The summed E-state index contributed by atoms with van der Waals surface area (Å²) in [5.41, 5.74) is 6.25. The van der Waals surface area contributed by atoms with Crippen LogP contribution in [-0.4, -0.2) is 50.2 Å². The molecule has 0 atom stereocenters. The lowest BCUT2D eigenvalue weighted by Gasteiger charge is -2.28. The smallest absolute Gasteiger partial charge is 0.0271 e. The summed E-state index contributed by atoms with van der Waals surface area (Å²) >= 11 is 0. The van der Waals surface area contributed by atoms with Crippen LogP contribution < -0.4 is 11.0 Å². The molecule has 66 valence electrons. The Hall–Kier alpha value is -0.160. The van der Waals surface area contributed by atoms with Crippen LogP contribution in [0.3, 0.4) is 0 Å². The number of hydrazine groups is 2. The van der Waals surface area contributed by atoms with Crippen LogP contribution in [0.15, 0.2) is 0 Å². The van der Waals surface area contributed by atoms with E-state index in [1.54, 1.807) is 0 Å². The molecule has 1 rings (SSSR count). The van der Waals surface area contributed by atoms with Crippen molar-refractivity contribution in [3.8, 4) is 0 Å². The monoisotopic (exact) mass is 158 g/mol. The second-order valence-electron chi connectivity index (χ2n) is 3.18. The SMILES string of the molecule is CN(C)CCN1CCCNN1. The van der Waals surface area contributed by atoms with E-state index >= 15 is 0 Å². The van der Waals surface area contributed by atoms with Crippen molar-refractivity contribution in [1.29, 1.82) is 0 Å². The van der Waals surface area contributed by atoms with Gasteiger partial charge in [0.05, 0.1) is 0 Å². The summed E-state index contributed by atoms with van der Waals surface area (Å²) in [6, 6.07) is 0. The van der Waals surface area contributed by atoms with Crippen molar-refractivity contribution in [2.24, 2.45) is 0 Å². The fourth-order valence-electron chi connectivity index (χ4n) is 1.07. The van der Waals surface area contributed by atoms with Crippen molar-refractivity contribution in [1.82, 2.24) is 20.9 Å². The van der Waals surface area contributed by atoms with Crippen molar-refractivity contribution < 1.29 is 0 Å². The summed E-state index contributed by atoms with van der Waals surface area (Å²) in [5, 5.41) is 2.21. The maximum atomic E-state index is 3.13. The Morgan fingerprint density at radius 3 is 2.82 bits per heavy atom. The third-order valence-corrected chi connectivity index (χ3v) is 1.78. The molecule has 0 aromatic heterocycles. The number of nitrogens with zero attached hydrogens (tertiary/aromatic N) is 2. The highest BCUT2D eigenvalue weighted by atomic mass is 15.7. The molecule has 0 spiro atoms. The summed E-state index contributed by atoms with van der Waals surface area (Å²) in [6.07, 6.45) is 1.24. The molecule has 2 N–H and O–H groups in total. The number of hydrogen-bond donors (Lipinski definition) is 2. The second-order valence-corrected chi connectivity index (χ2v) is 3.18. The first-order chi connectivity index (χ1) is 5.29.